The van der Waals surface area contributed by atoms with Crippen molar-refractivity contribution in [1.29, 1.82) is 0 Å². The number of halogens is 3. The van der Waals surface area contributed by atoms with Crippen LogP contribution in [0, 0.1) is 6.92 Å². The van der Waals surface area contributed by atoms with Gasteiger partial charge in [0.25, 0.3) is 0 Å². The highest BCUT2D eigenvalue weighted by Gasteiger charge is 2.27. The predicted molar refractivity (Wildman–Crippen MR) is 54.8 cm³/mol. The summed E-state index contributed by atoms with van der Waals surface area (Å²) in [5, 5.41) is 0. The average molecular weight is 247 g/mol. The molecule has 0 atom stereocenters. The lowest BCUT2D eigenvalue weighted by Gasteiger charge is -2.06. The zero-order valence-electron chi connectivity index (χ0n) is 9.25. The maximum atomic E-state index is 11.7. The number of carbonyl (C=O) groups excluding carboxylic acids is 1. The fourth-order valence-electron chi connectivity index (χ4n) is 1.13. The van der Waals surface area contributed by atoms with Crippen molar-refractivity contribution in [3.8, 4) is 0 Å². The zero-order valence-corrected chi connectivity index (χ0v) is 9.25. The second kappa shape index (κ2) is 5.77. The minimum absolute atomic E-state index is 0.0825. The Morgan fingerprint density at radius 1 is 1.41 bits per heavy atom. The largest absolute Gasteiger partial charge is 0.411 e. The number of pyridine rings is 1. The van der Waals surface area contributed by atoms with Crippen LogP contribution < -0.4 is 0 Å². The molecule has 1 heterocycles. The Hall–Kier alpha value is -1.43. The highest BCUT2D eigenvalue weighted by Crippen LogP contribution is 2.14. The molecule has 0 saturated heterocycles. The van der Waals surface area contributed by atoms with Crippen LogP contribution in [0.1, 0.15) is 22.5 Å². The minimum atomic E-state index is -4.35. The van der Waals surface area contributed by atoms with Crippen molar-refractivity contribution >= 4 is 5.78 Å². The van der Waals surface area contributed by atoms with Crippen LogP contribution in [0.4, 0.5) is 13.2 Å². The average Bonchev–Trinajstić information content (AvgIpc) is 2.24. The first-order valence-electron chi connectivity index (χ1n) is 4.99. The first-order chi connectivity index (χ1) is 7.88. The second-order valence-corrected chi connectivity index (χ2v) is 3.53. The first-order valence-corrected chi connectivity index (χ1v) is 4.99. The summed E-state index contributed by atoms with van der Waals surface area (Å²) < 4.78 is 39.5. The van der Waals surface area contributed by atoms with Crippen molar-refractivity contribution in [2.45, 2.75) is 19.5 Å². The molecular weight excluding hydrogens is 235 g/mol. The van der Waals surface area contributed by atoms with E-state index in [0.29, 0.717) is 5.56 Å². The number of hydrogen-bond donors (Lipinski definition) is 0. The van der Waals surface area contributed by atoms with Crippen LogP contribution in [0.2, 0.25) is 0 Å². The Morgan fingerprint density at radius 3 is 2.65 bits per heavy atom. The lowest BCUT2D eigenvalue weighted by molar-refractivity contribution is -0.173. The Kier molecular flexibility index (Phi) is 4.62. The van der Waals surface area contributed by atoms with E-state index >= 15 is 0 Å². The number of alkyl halides is 3. The number of rotatable bonds is 5. The lowest BCUT2D eigenvalue weighted by Crippen LogP contribution is -2.18. The van der Waals surface area contributed by atoms with Gasteiger partial charge in [-0.05, 0) is 19.1 Å². The molecular formula is C11H12F3NO2. The first kappa shape index (κ1) is 13.6. The summed E-state index contributed by atoms with van der Waals surface area (Å²) >= 11 is 0. The minimum Gasteiger partial charge on any atom is -0.372 e. The van der Waals surface area contributed by atoms with Gasteiger partial charge in [-0.1, -0.05) is 0 Å². The van der Waals surface area contributed by atoms with E-state index in [9.17, 15) is 18.0 Å². The summed E-state index contributed by atoms with van der Waals surface area (Å²) in [6.45, 7) is 0.208. The van der Waals surface area contributed by atoms with Crippen LogP contribution in [0.25, 0.3) is 0 Å². The van der Waals surface area contributed by atoms with Crippen molar-refractivity contribution in [3.63, 3.8) is 0 Å². The molecule has 0 aliphatic heterocycles. The third kappa shape index (κ3) is 5.44. The molecule has 0 unspecified atom stereocenters. The number of hydrogen-bond acceptors (Lipinski definition) is 3. The van der Waals surface area contributed by atoms with Gasteiger partial charge in [-0.25, -0.2) is 0 Å². The molecule has 1 rings (SSSR count). The molecule has 0 bridgehead atoms. The Labute approximate surface area is 96.6 Å². The van der Waals surface area contributed by atoms with Gasteiger partial charge in [-0.15, -0.1) is 0 Å². The molecule has 0 saturated carbocycles. The SMILES string of the molecule is Cc1ccc(C(=O)CCOCC(F)(F)F)cn1. The van der Waals surface area contributed by atoms with E-state index in [1.807, 2.05) is 0 Å². The molecule has 0 spiro atoms. The Bertz CT molecular complexity index is 373. The van der Waals surface area contributed by atoms with Gasteiger partial charge in [0.05, 0.1) is 6.61 Å². The molecule has 0 aromatic carbocycles. The van der Waals surface area contributed by atoms with Gasteiger partial charge in [0.2, 0.25) is 0 Å². The summed E-state index contributed by atoms with van der Waals surface area (Å²) in [5.41, 5.74) is 1.15. The van der Waals surface area contributed by atoms with Crippen LogP contribution in [0.5, 0.6) is 0 Å². The quantitative estimate of drug-likeness (QED) is 0.593. The van der Waals surface area contributed by atoms with Crippen molar-refractivity contribution in [1.82, 2.24) is 4.98 Å². The monoisotopic (exact) mass is 247 g/mol. The van der Waals surface area contributed by atoms with Crippen molar-refractivity contribution in [2.24, 2.45) is 0 Å². The summed E-state index contributed by atoms with van der Waals surface area (Å²) in [7, 11) is 0. The van der Waals surface area contributed by atoms with Crippen molar-refractivity contribution in [2.75, 3.05) is 13.2 Å². The normalized spacial score (nSPS) is 11.5. The third-order valence-corrected chi connectivity index (χ3v) is 1.97. The third-order valence-electron chi connectivity index (χ3n) is 1.97. The van der Waals surface area contributed by atoms with Gasteiger partial charge in [-0.2, -0.15) is 13.2 Å². The molecule has 0 aliphatic rings. The van der Waals surface area contributed by atoms with Crippen LogP contribution >= 0.6 is 0 Å². The predicted octanol–water partition coefficient (Wildman–Crippen LogP) is 2.54. The molecule has 0 amide bonds. The number of aryl methyl sites for hydroxylation is 1. The number of Topliss-reactive ketones (excluding diaryl/α,β-unsaturated/α-hetero) is 1. The summed E-state index contributed by atoms with van der Waals surface area (Å²) in [6, 6.07) is 3.26. The van der Waals surface area contributed by atoms with E-state index in [4.69, 9.17) is 0 Å². The number of carbonyl (C=O) groups is 1. The number of ether oxygens (including phenoxy) is 1. The van der Waals surface area contributed by atoms with Gasteiger partial charge in [0.1, 0.15) is 6.61 Å². The van der Waals surface area contributed by atoms with Crippen LogP contribution in [0.15, 0.2) is 18.3 Å². The molecule has 0 radical (unpaired) electrons. The van der Waals surface area contributed by atoms with Gasteiger partial charge < -0.3 is 4.74 Å². The molecule has 17 heavy (non-hydrogen) atoms. The number of aromatic nitrogens is 1. The van der Waals surface area contributed by atoms with E-state index in [2.05, 4.69) is 9.72 Å². The van der Waals surface area contributed by atoms with Gasteiger partial charge in [0, 0.05) is 23.9 Å². The summed E-state index contributed by atoms with van der Waals surface area (Å²) in [5.74, 6) is -0.278. The van der Waals surface area contributed by atoms with E-state index in [1.165, 1.54) is 6.20 Å². The smallest absolute Gasteiger partial charge is 0.372 e. The van der Waals surface area contributed by atoms with Crippen LogP contribution in [0.3, 0.4) is 0 Å². The molecule has 3 nitrogen and oxygen atoms in total. The summed E-state index contributed by atoms with van der Waals surface area (Å²) in [4.78, 5) is 15.4. The molecule has 1 aromatic heterocycles. The standard InChI is InChI=1S/C11H12F3NO2/c1-8-2-3-9(6-15-8)10(16)4-5-17-7-11(12,13)14/h2-3,6H,4-5,7H2,1H3. The Balaban J connectivity index is 2.33. The van der Waals surface area contributed by atoms with E-state index in [-0.39, 0.29) is 18.8 Å². The number of nitrogens with zero attached hydrogens (tertiary/aromatic N) is 1. The summed E-state index contributed by atoms with van der Waals surface area (Å²) in [6.07, 6.45) is -3.03. The van der Waals surface area contributed by atoms with E-state index in [0.717, 1.165) is 5.69 Å². The van der Waals surface area contributed by atoms with E-state index in [1.54, 1.807) is 19.1 Å². The lowest BCUT2D eigenvalue weighted by atomic mass is 10.1. The molecule has 94 valence electrons. The maximum absolute atomic E-state index is 11.7. The maximum Gasteiger partial charge on any atom is 0.411 e. The van der Waals surface area contributed by atoms with Crippen molar-refractivity contribution < 1.29 is 22.7 Å². The highest BCUT2D eigenvalue weighted by atomic mass is 19.4. The Morgan fingerprint density at radius 2 is 2.12 bits per heavy atom. The topological polar surface area (TPSA) is 39.2 Å². The second-order valence-electron chi connectivity index (χ2n) is 3.53. The number of ketones is 1. The molecule has 0 fully saturated rings. The van der Waals surface area contributed by atoms with Crippen molar-refractivity contribution in [3.05, 3.63) is 29.6 Å². The van der Waals surface area contributed by atoms with E-state index < -0.39 is 12.8 Å². The molecule has 0 aliphatic carbocycles. The van der Waals surface area contributed by atoms with Gasteiger partial charge >= 0.3 is 6.18 Å². The molecule has 0 N–H and O–H groups in total. The van der Waals surface area contributed by atoms with Crippen LogP contribution in [-0.4, -0.2) is 30.2 Å². The zero-order chi connectivity index (χ0) is 12.9. The van der Waals surface area contributed by atoms with Gasteiger partial charge in [-0.3, -0.25) is 9.78 Å². The molecule has 6 heteroatoms. The molecule has 1 aromatic rings. The van der Waals surface area contributed by atoms with Gasteiger partial charge in [0.15, 0.2) is 5.78 Å². The fourth-order valence-corrected chi connectivity index (χ4v) is 1.13. The fraction of sp³-hybridized carbons (Fsp3) is 0.455. The highest BCUT2D eigenvalue weighted by molar-refractivity contribution is 5.95. The van der Waals surface area contributed by atoms with Crippen LogP contribution in [-0.2, 0) is 4.74 Å².